The summed E-state index contributed by atoms with van der Waals surface area (Å²) in [6, 6.07) is 8.76. The molecule has 23 heavy (non-hydrogen) atoms. The van der Waals surface area contributed by atoms with Crippen molar-refractivity contribution in [1.29, 1.82) is 0 Å². The van der Waals surface area contributed by atoms with E-state index in [0.717, 1.165) is 29.6 Å². The van der Waals surface area contributed by atoms with Crippen molar-refractivity contribution in [3.05, 3.63) is 52.5 Å². The summed E-state index contributed by atoms with van der Waals surface area (Å²) in [6.07, 6.45) is 6.96. The van der Waals surface area contributed by atoms with Gasteiger partial charge in [-0.2, -0.15) is 0 Å². The van der Waals surface area contributed by atoms with Crippen LogP contribution < -0.4 is 0 Å². The van der Waals surface area contributed by atoms with Gasteiger partial charge >= 0.3 is 0 Å². The number of nitrogens with zero attached hydrogens (tertiary/aromatic N) is 3. The Bertz CT molecular complexity index is 737. The van der Waals surface area contributed by atoms with Crippen LogP contribution in [0.2, 0.25) is 0 Å². The Hall–Kier alpha value is -1.62. The second kappa shape index (κ2) is 5.78. The van der Waals surface area contributed by atoms with E-state index >= 15 is 0 Å². The molecule has 2 saturated carbocycles. The van der Waals surface area contributed by atoms with Crippen molar-refractivity contribution in [2.45, 2.75) is 37.8 Å². The number of carbonyl (C=O) groups is 1. The summed E-state index contributed by atoms with van der Waals surface area (Å²) in [5.74, 6) is 1.79. The molecule has 0 aliphatic heterocycles. The summed E-state index contributed by atoms with van der Waals surface area (Å²) in [5, 5.41) is 0. The highest BCUT2D eigenvalue weighted by atomic mass is 79.9. The number of benzene rings is 1. The third-order valence-corrected chi connectivity index (χ3v) is 5.38. The molecule has 0 unspecified atom stereocenters. The molecule has 0 spiro atoms. The summed E-state index contributed by atoms with van der Waals surface area (Å²) in [6.45, 7) is 0.634. The SMILES string of the molecule is Cn1ccnc1CN(C(=O)[C@H]1C[C@H]1c1cccc(Br)c1)C1CC1. The fraction of sp³-hybridized carbons (Fsp3) is 0.444. The summed E-state index contributed by atoms with van der Waals surface area (Å²) in [5.41, 5.74) is 1.27. The highest BCUT2D eigenvalue weighted by molar-refractivity contribution is 9.10. The van der Waals surface area contributed by atoms with Crippen molar-refractivity contribution in [3.63, 3.8) is 0 Å². The molecule has 120 valence electrons. The molecular weight excluding hydrogens is 354 g/mol. The van der Waals surface area contributed by atoms with E-state index in [1.54, 1.807) is 6.20 Å². The van der Waals surface area contributed by atoms with E-state index in [4.69, 9.17) is 0 Å². The maximum atomic E-state index is 13.0. The van der Waals surface area contributed by atoms with Crippen molar-refractivity contribution in [2.75, 3.05) is 0 Å². The highest BCUT2D eigenvalue weighted by Crippen LogP contribution is 2.50. The molecule has 4 rings (SSSR count). The molecule has 0 bridgehead atoms. The Morgan fingerprint density at radius 1 is 1.43 bits per heavy atom. The average molecular weight is 374 g/mol. The molecule has 2 aliphatic carbocycles. The molecule has 0 radical (unpaired) electrons. The van der Waals surface area contributed by atoms with Gasteiger partial charge in [0.05, 0.1) is 6.54 Å². The van der Waals surface area contributed by atoms with Gasteiger partial charge in [-0.1, -0.05) is 28.1 Å². The van der Waals surface area contributed by atoms with E-state index in [2.05, 4.69) is 37.9 Å². The normalized spacial score (nSPS) is 22.9. The van der Waals surface area contributed by atoms with Crippen LogP contribution in [-0.4, -0.2) is 26.4 Å². The topological polar surface area (TPSA) is 38.1 Å². The lowest BCUT2D eigenvalue weighted by molar-refractivity contribution is -0.134. The molecule has 2 aromatic rings. The quantitative estimate of drug-likeness (QED) is 0.804. The molecule has 4 nitrogen and oxygen atoms in total. The van der Waals surface area contributed by atoms with Gasteiger partial charge in [0.15, 0.2) is 0 Å². The van der Waals surface area contributed by atoms with Gasteiger partial charge in [-0.3, -0.25) is 4.79 Å². The van der Waals surface area contributed by atoms with Crippen LogP contribution >= 0.6 is 15.9 Å². The molecule has 1 heterocycles. The van der Waals surface area contributed by atoms with E-state index in [1.165, 1.54) is 5.56 Å². The van der Waals surface area contributed by atoms with Crippen LogP contribution in [0.3, 0.4) is 0 Å². The number of hydrogen-bond acceptors (Lipinski definition) is 2. The Kier molecular flexibility index (Phi) is 3.76. The van der Waals surface area contributed by atoms with Crippen molar-refractivity contribution < 1.29 is 4.79 Å². The predicted octanol–water partition coefficient (Wildman–Crippen LogP) is 3.48. The second-order valence-corrected chi connectivity index (χ2v) is 7.57. The first-order valence-corrected chi connectivity index (χ1v) is 8.95. The van der Waals surface area contributed by atoms with E-state index in [0.29, 0.717) is 24.4 Å². The molecule has 1 aromatic carbocycles. The van der Waals surface area contributed by atoms with Crippen molar-refractivity contribution >= 4 is 21.8 Å². The van der Waals surface area contributed by atoms with Crippen LogP contribution in [0, 0.1) is 5.92 Å². The van der Waals surface area contributed by atoms with Crippen LogP contribution in [0.5, 0.6) is 0 Å². The monoisotopic (exact) mass is 373 g/mol. The van der Waals surface area contributed by atoms with Gasteiger partial charge in [-0.15, -0.1) is 0 Å². The third kappa shape index (κ3) is 3.07. The maximum Gasteiger partial charge on any atom is 0.226 e. The molecule has 2 fully saturated rings. The van der Waals surface area contributed by atoms with Gasteiger partial charge in [0, 0.05) is 35.9 Å². The van der Waals surface area contributed by atoms with Crippen LogP contribution in [0.1, 0.15) is 36.6 Å². The first-order chi connectivity index (χ1) is 11.1. The van der Waals surface area contributed by atoms with E-state index < -0.39 is 0 Å². The lowest BCUT2D eigenvalue weighted by Crippen LogP contribution is -2.35. The molecule has 0 saturated heterocycles. The van der Waals surface area contributed by atoms with E-state index in [-0.39, 0.29) is 5.92 Å². The van der Waals surface area contributed by atoms with E-state index in [9.17, 15) is 4.79 Å². The van der Waals surface area contributed by atoms with Gasteiger partial charge in [0.25, 0.3) is 0 Å². The first kappa shape index (κ1) is 14.9. The summed E-state index contributed by atoms with van der Waals surface area (Å²) >= 11 is 3.52. The molecule has 2 aliphatic rings. The number of rotatable bonds is 5. The molecule has 1 aromatic heterocycles. The van der Waals surface area contributed by atoms with E-state index in [1.807, 2.05) is 29.9 Å². The zero-order valence-corrected chi connectivity index (χ0v) is 14.7. The molecule has 2 atom stereocenters. The Morgan fingerprint density at radius 2 is 2.26 bits per heavy atom. The Morgan fingerprint density at radius 3 is 2.91 bits per heavy atom. The largest absolute Gasteiger partial charge is 0.337 e. The number of amides is 1. The molecule has 5 heteroatoms. The minimum atomic E-state index is 0.144. The van der Waals surface area contributed by atoms with Crippen LogP contribution in [0.15, 0.2) is 41.1 Å². The highest BCUT2D eigenvalue weighted by Gasteiger charge is 2.48. The number of halogens is 1. The Labute approximate surface area is 144 Å². The minimum Gasteiger partial charge on any atom is -0.337 e. The molecule has 0 N–H and O–H groups in total. The fourth-order valence-electron chi connectivity index (χ4n) is 3.26. The number of aromatic nitrogens is 2. The van der Waals surface area contributed by atoms with Gasteiger partial charge in [-0.05, 0) is 42.9 Å². The summed E-state index contributed by atoms with van der Waals surface area (Å²) in [4.78, 5) is 19.4. The number of carbonyl (C=O) groups excluding carboxylic acids is 1. The molecule has 1 amide bonds. The second-order valence-electron chi connectivity index (χ2n) is 6.66. The number of aryl methyl sites for hydroxylation is 1. The third-order valence-electron chi connectivity index (χ3n) is 4.89. The number of imidazole rings is 1. The lowest BCUT2D eigenvalue weighted by atomic mass is 10.1. The van der Waals surface area contributed by atoms with Crippen LogP contribution in [-0.2, 0) is 18.4 Å². The maximum absolute atomic E-state index is 13.0. The first-order valence-electron chi connectivity index (χ1n) is 8.15. The van der Waals surface area contributed by atoms with Gasteiger partial charge in [0.2, 0.25) is 5.91 Å². The van der Waals surface area contributed by atoms with Gasteiger partial charge in [0.1, 0.15) is 5.82 Å². The van der Waals surface area contributed by atoms with Gasteiger partial charge < -0.3 is 9.47 Å². The van der Waals surface area contributed by atoms with Crippen LogP contribution in [0.25, 0.3) is 0 Å². The van der Waals surface area contributed by atoms with Crippen molar-refractivity contribution in [1.82, 2.24) is 14.5 Å². The van der Waals surface area contributed by atoms with Crippen LogP contribution in [0.4, 0.5) is 0 Å². The average Bonchev–Trinajstić information content (AvgIpc) is 3.44. The van der Waals surface area contributed by atoms with Crippen molar-refractivity contribution in [2.24, 2.45) is 13.0 Å². The Balaban J connectivity index is 1.48. The standard InChI is InChI=1S/C18H20BrN3O/c1-21-8-7-20-17(21)11-22(14-5-6-14)18(23)16-10-15(16)12-3-2-4-13(19)9-12/h2-4,7-9,14-16H,5-6,10-11H2,1H3/t15-,16-/m0/s1. The lowest BCUT2D eigenvalue weighted by Gasteiger charge is -2.22. The van der Waals surface area contributed by atoms with Crippen molar-refractivity contribution in [3.8, 4) is 0 Å². The zero-order chi connectivity index (χ0) is 16.0. The zero-order valence-electron chi connectivity index (χ0n) is 13.2. The minimum absolute atomic E-state index is 0.144. The van der Waals surface area contributed by atoms with Gasteiger partial charge in [-0.25, -0.2) is 4.98 Å². The molecular formula is C18H20BrN3O. The number of hydrogen-bond donors (Lipinski definition) is 0. The predicted molar refractivity (Wildman–Crippen MR) is 91.8 cm³/mol. The summed E-state index contributed by atoms with van der Waals surface area (Å²) < 4.78 is 3.08. The smallest absolute Gasteiger partial charge is 0.226 e. The summed E-state index contributed by atoms with van der Waals surface area (Å²) in [7, 11) is 1.99. The fourth-order valence-corrected chi connectivity index (χ4v) is 3.68.